The number of hydrogen-bond acceptors (Lipinski definition) is 5. The maximum absolute atomic E-state index is 5.39. The first-order chi connectivity index (χ1) is 9.43. The van der Waals surface area contributed by atoms with Gasteiger partial charge < -0.3 is 10.1 Å². The second-order valence-corrected chi connectivity index (χ2v) is 4.88. The highest BCUT2D eigenvalue weighted by Gasteiger charge is 2.14. The SMILES string of the molecule is COc1c(CNc2nc(C)nc(C)c2C)c(C)nn1C. The van der Waals surface area contributed by atoms with E-state index in [-0.39, 0.29) is 0 Å². The normalized spacial score (nSPS) is 10.7. The highest BCUT2D eigenvalue weighted by molar-refractivity contribution is 5.47. The summed E-state index contributed by atoms with van der Waals surface area (Å²) < 4.78 is 7.14. The molecule has 0 fully saturated rings. The van der Waals surface area contributed by atoms with Gasteiger partial charge in [0.15, 0.2) is 0 Å². The topological polar surface area (TPSA) is 64.9 Å². The molecule has 2 aromatic heterocycles. The lowest BCUT2D eigenvalue weighted by atomic mass is 10.2. The van der Waals surface area contributed by atoms with Crippen LogP contribution in [0, 0.1) is 27.7 Å². The van der Waals surface area contributed by atoms with Gasteiger partial charge in [-0.1, -0.05) is 0 Å². The molecule has 0 aliphatic rings. The van der Waals surface area contributed by atoms with Crippen LogP contribution in [-0.4, -0.2) is 26.9 Å². The van der Waals surface area contributed by atoms with Crippen molar-refractivity contribution in [3.8, 4) is 5.88 Å². The Morgan fingerprint density at radius 1 is 1.10 bits per heavy atom. The Balaban J connectivity index is 2.25. The number of methoxy groups -OCH3 is 1. The van der Waals surface area contributed by atoms with Crippen LogP contribution in [0.1, 0.15) is 28.3 Å². The maximum Gasteiger partial charge on any atom is 0.216 e. The van der Waals surface area contributed by atoms with E-state index in [1.54, 1.807) is 11.8 Å². The van der Waals surface area contributed by atoms with Gasteiger partial charge in [-0.25, -0.2) is 14.6 Å². The van der Waals surface area contributed by atoms with Crippen molar-refractivity contribution in [2.75, 3.05) is 12.4 Å². The Labute approximate surface area is 119 Å². The molecule has 0 atom stereocenters. The van der Waals surface area contributed by atoms with E-state index >= 15 is 0 Å². The van der Waals surface area contributed by atoms with Crippen LogP contribution in [0.5, 0.6) is 5.88 Å². The molecule has 0 bridgehead atoms. The van der Waals surface area contributed by atoms with E-state index in [1.807, 2.05) is 34.7 Å². The zero-order chi connectivity index (χ0) is 14.9. The lowest BCUT2D eigenvalue weighted by molar-refractivity contribution is 0.369. The maximum atomic E-state index is 5.39. The third-order valence-electron chi connectivity index (χ3n) is 3.42. The monoisotopic (exact) mass is 275 g/mol. The van der Waals surface area contributed by atoms with Crippen molar-refractivity contribution in [1.82, 2.24) is 19.7 Å². The zero-order valence-corrected chi connectivity index (χ0v) is 12.9. The molecule has 0 saturated heterocycles. The minimum absolute atomic E-state index is 0.625. The third-order valence-corrected chi connectivity index (χ3v) is 3.42. The average Bonchev–Trinajstić information content (AvgIpc) is 2.65. The first kappa shape index (κ1) is 14.3. The molecular formula is C14H21N5O. The van der Waals surface area contributed by atoms with Crippen LogP contribution in [-0.2, 0) is 13.6 Å². The number of hydrogen-bond donors (Lipinski definition) is 1. The number of nitrogens with one attached hydrogen (secondary N) is 1. The summed E-state index contributed by atoms with van der Waals surface area (Å²) >= 11 is 0. The van der Waals surface area contributed by atoms with E-state index < -0.39 is 0 Å². The van der Waals surface area contributed by atoms with Crippen LogP contribution in [0.4, 0.5) is 5.82 Å². The molecule has 0 radical (unpaired) electrons. The summed E-state index contributed by atoms with van der Waals surface area (Å²) in [5.41, 5.74) is 4.06. The smallest absolute Gasteiger partial charge is 0.216 e. The quantitative estimate of drug-likeness (QED) is 0.925. The van der Waals surface area contributed by atoms with Gasteiger partial charge in [0.1, 0.15) is 11.6 Å². The van der Waals surface area contributed by atoms with Crippen LogP contribution in [0.15, 0.2) is 0 Å². The highest BCUT2D eigenvalue weighted by atomic mass is 16.5. The van der Waals surface area contributed by atoms with Crippen molar-refractivity contribution in [3.05, 3.63) is 28.3 Å². The molecule has 0 spiro atoms. The van der Waals surface area contributed by atoms with Gasteiger partial charge >= 0.3 is 0 Å². The Morgan fingerprint density at radius 2 is 1.80 bits per heavy atom. The van der Waals surface area contributed by atoms with Gasteiger partial charge in [0.05, 0.1) is 18.4 Å². The molecule has 0 aliphatic heterocycles. The molecule has 1 N–H and O–H groups in total. The number of ether oxygens (including phenoxy) is 1. The molecule has 2 aromatic rings. The number of rotatable bonds is 4. The number of nitrogens with zero attached hydrogens (tertiary/aromatic N) is 4. The summed E-state index contributed by atoms with van der Waals surface area (Å²) in [6.07, 6.45) is 0. The Morgan fingerprint density at radius 3 is 2.45 bits per heavy atom. The second-order valence-electron chi connectivity index (χ2n) is 4.88. The molecule has 0 unspecified atom stereocenters. The summed E-state index contributed by atoms with van der Waals surface area (Å²) in [4.78, 5) is 8.80. The molecule has 0 saturated carbocycles. The summed E-state index contributed by atoms with van der Waals surface area (Å²) in [5, 5.41) is 7.73. The fraction of sp³-hybridized carbons (Fsp3) is 0.500. The lowest BCUT2D eigenvalue weighted by Crippen LogP contribution is -2.08. The van der Waals surface area contributed by atoms with Crippen LogP contribution < -0.4 is 10.1 Å². The van der Waals surface area contributed by atoms with Crippen LogP contribution in [0.3, 0.4) is 0 Å². The number of anilines is 1. The fourth-order valence-electron chi connectivity index (χ4n) is 2.25. The van der Waals surface area contributed by atoms with Crippen molar-refractivity contribution >= 4 is 5.82 Å². The van der Waals surface area contributed by atoms with Gasteiger partial charge in [-0.15, -0.1) is 0 Å². The highest BCUT2D eigenvalue weighted by Crippen LogP contribution is 2.23. The van der Waals surface area contributed by atoms with Crippen molar-refractivity contribution in [2.24, 2.45) is 7.05 Å². The molecule has 0 aromatic carbocycles. The van der Waals surface area contributed by atoms with Crippen molar-refractivity contribution < 1.29 is 4.74 Å². The minimum Gasteiger partial charge on any atom is -0.481 e. The Hall–Kier alpha value is -2.11. The molecule has 20 heavy (non-hydrogen) atoms. The first-order valence-electron chi connectivity index (χ1n) is 6.56. The van der Waals surface area contributed by atoms with Gasteiger partial charge in [0, 0.05) is 24.8 Å². The number of aromatic nitrogens is 4. The largest absolute Gasteiger partial charge is 0.481 e. The van der Waals surface area contributed by atoms with Gasteiger partial charge in [0.25, 0.3) is 0 Å². The van der Waals surface area contributed by atoms with E-state index in [0.29, 0.717) is 6.54 Å². The van der Waals surface area contributed by atoms with E-state index in [9.17, 15) is 0 Å². The molecule has 108 valence electrons. The molecule has 0 amide bonds. The molecule has 6 heteroatoms. The second kappa shape index (κ2) is 5.48. The molecule has 6 nitrogen and oxygen atoms in total. The van der Waals surface area contributed by atoms with Crippen LogP contribution >= 0.6 is 0 Å². The summed E-state index contributed by atoms with van der Waals surface area (Å²) in [7, 11) is 3.53. The zero-order valence-electron chi connectivity index (χ0n) is 12.9. The third kappa shape index (κ3) is 2.59. The summed E-state index contributed by atoms with van der Waals surface area (Å²) in [5.74, 6) is 2.40. The van der Waals surface area contributed by atoms with Crippen molar-refractivity contribution in [1.29, 1.82) is 0 Å². The van der Waals surface area contributed by atoms with Gasteiger partial charge in [-0.05, 0) is 27.7 Å². The lowest BCUT2D eigenvalue weighted by Gasteiger charge is -2.11. The van der Waals surface area contributed by atoms with E-state index in [1.165, 1.54) is 0 Å². The average molecular weight is 275 g/mol. The molecule has 2 rings (SSSR count). The Kier molecular flexibility index (Phi) is 3.92. The van der Waals surface area contributed by atoms with Crippen LogP contribution in [0.25, 0.3) is 0 Å². The standard InChI is InChI=1S/C14H21N5O/c1-8-9(2)16-11(4)17-13(8)15-7-12-10(3)18-19(5)14(12)20-6/h7H2,1-6H3,(H,15,16,17). The van der Waals surface area contributed by atoms with E-state index in [4.69, 9.17) is 4.74 Å². The van der Waals surface area contributed by atoms with Crippen molar-refractivity contribution in [2.45, 2.75) is 34.2 Å². The van der Waals surface area contributed by atoms with Crippen LogP contribution in [0.2, 0.25) is 0 Å². The van der Waals surface area contributed by atoms with Gasteiger partial charge in [-0.3, -0.25) is 0 Å². The van der Waals surface area contributed by atoms with Gasteiger partial charge in [0.2, 0.25) is 5.88 Å². The van der Waals surface area contributed by atoms with Crippen molar-refractivity contribution in [3.63, 3.8) is 0 Å². The molecule has 0 aliphatic carbocycles. The summed E-state index contributed by atoms with van der Waals surface area (Å²) in [6.45, 7) is 8.51. The van der Waals surface area contributed by atoms with E-state index in [2.05, 4.69) is 20.4 Å². The summed E-state index contributed by atoms with van der Waals surface area (Å²) in [6, 6.07) is 0. The predicted molar refractivity (Wildman–Crippen MR) is 78.1 cm³/mol. The van der Waals surface area contributed by atoms with E-state index in [0.717, 1.165) is 40.0 Å². The Bertz CT molecular complexity index is 633. The van der Waals surface area contributed by atoms with Gasteiger partial charge in [-0.2, -0.15) is 5.10 Å². The molecule has 2 heterocycles. The fourth-order valence-corrected chi connectivity index (χ4v) is 2.25. The minimum atomic E-state index is 0.625. The molecular weight excluding hydrogens is 254 g/mol. The number of aryl methyl sites for hydroxylation is 4. The first-order valence-corrected chi connectivity index (χ1v) is 6.56. The predicted octanol–water partition coefficient (Wildman–Crippen LogP) is 2.06.